The van der Waals surface area contributed by atoms with Gasteiger partial charge in [-0.2, -0.15) is 4.98 Å². The van der Waals surface area contributed by atoms with Crippen LogP contribution in [-0.2, 0) is 11.3 Å². The number of anilines is 2. The fourth-order valence-electron chi connectivity index (χ4n) is 2.98. The van der Waals surface area contributed by atoms with Crippen LogP contribution >= 0.6 is 0 Å². The minimum absolute atomic E-state index is 0.0854. The number of nitrogens with one attached hydrogen (secondary N) is 1. The van der Waals surface area contributed by atoms with Crippen LogP contribution in [0.2, 0.25) is 0 Å². The number of benzene rings is 1. The van der Waals surface area contributed by atoms with E-state index in [1.54, 1.807) is 24.4 Å². The van der Waals surface area contributed by atoms with Crippen molar-refractivity contribution in [2.75, 3.05) is 16.8 Å². The summed E-state index contributed by atoms with van der Waals surface area (Å²) in [4.78, 5) is 22.3. The maximum atomic E-state index is 13.9. The number of aromatic nitrogens is 2. The van der Waals surface area contributed by atoms with Crippen LogP contribution in [-0.4, -0.2) is 33.8 Å². The summed E-state index contributed by atoms with van der Waals surface area (Å²) in [5, 5.41) is 12.2. The second kappa shape index (κ2) is 7.87. The molecule has 2 heterocycles. The van der Waals surface area contributed by atoms with E-state index < -0.39 is 11.9 Å². The third-order valence-corrected chi connectivity index (χ3v) is 4.66. The van der Waals surface area contributed by atoms with Gasteiger partial charge >= 0.3 is 6.09 Å². The van der Waals surface area contributed by atoms with E-state index in [0.29, 0.717) is 23.9 Å². The Morgan fingerprint density at radius 2 is 2.15 bits per heavy atom. The molecule has 0 spiro atoms. The highest BCUT2D eigenvalue weighted by Crippen LogP contribution is 2.27. The predicted molar refractivity (Wildman–Crippen MR) is 98.8 cm³/mol. The molecule has 0 unspecified atom stereocenters. The fraction of sp³-hybridized carbons (Fsp3) is 0.421. The number of ether oxygens (including phenoxy) is 1. The van der Waals surface area contributed by atoms with E-state index in [1.807, 2.05) is 20.8 Å². The van der Waals surface area contributed by atoms with Crippen molar-refractivity contribution in [1.29, 1.82) is 0 Å². The van der Waals surface area contributed by atoms with Crippen molar-refractivity contribution >= 4 is 17.9 Å². The molecule has 27 heavy (non-hydrogen) atoms. The number of aliphatic hydroxyl groups excluding tert-OH is 1. The highest BCUT2D eigenvalue weighted by atomic mass is 19.1. The van der Waals surface area contributed by atoms with Crippen LogP contribution in [0.4, 0.5) is 21.0 Å². The predicted octanol–water partition coefficient (Wildman–Crippen LogP) is 3.26. The molecule has 1 aromatic carbocycles. The molecule has 2 N–H and O–H groups in total. The first-order valence-electron chi connectivity index (χ1n) is 8.85. The Balaban J connectivity index is 1.79. The SMILES string of the molecule is CC(C)[C@H]1COC(=O)N1c1ccnc(N[C@@H](C)c2ccc(CO)c(F)c2)n1. The quantitative estimate of drug-likeness (QED) is 0.807. The first-order chi connectivity index (χ1) is 12.9. The van der Waals surface area contributed by atoms with Crippen LogP contribution in [0.15, 0.2) is 30.5 Å². The van der Waals surface area contributed by atoms with Gasteiger partial charge in [0.25, 0.3) is 0 Å². The van der Waals surface area contributed by atoms with Gasteiger partial charge in [-0.3, -0.25) is 4.90 Å². The van der Waals surface area contributed by atoms with Crippen LogP contribution in [0.5, 0.6) is 0 Å². The minimum atomic E-state index is -0.460. The summed E-state index contributed by atoms with van der Waals surface area (Å²) in [6, 6.07) is 5.97. The topological polar surface area (TPSA) is 87.6 Å². The molecule has 7 nitrogen and oxygen atoms in total. The molecule has 0 saturated carbocycles. The average molecular weight is 374 g/mol. The summed E-state index contributed by atoms with van der Waals surface area (Å²) < 4.78 is 19.1. The van der Waals surface area contributed by atoms with Gasteiger partial charge in [-0.05, 0) is 30.5 Å². The van der Waals surface area contributed by atoms with Crippen molar-refractivity contribution in [2.45, 2.75) is 39.5 Å². The molecule has 0 aliphatic carbocycles. The normalized spacial score (nSPS) is 17.9. The molecule has 1 saturated heterocycles. The molecule has 0 radical (unpaired) electrons. The number of carbonyl (C=O) groups excluding carboxylic acids is 1. The van der Waals surface area contributed by atoms with Crippen LogP contribution in [0, 0.1) is 11.7 Å². The van der Waals surface area contributed by atoms with Crippen molar-refractivity contribution in [2.24, 2.45) is 5.92 Å². The monoisotopic (exact) mass is 374 g/mol. The van der Waals surface area contributed by atoms with Crippen LogP contribution in [0.25, 0.3) is 0 Å². The van der Waals surface area contributed by atoms with Crippen LogP contribution < -0.4 is 10.2 Å². The van der Waals surface area contributed by atoms with E-state index in [-0.39, 0.29) is 30.2 Å². The molecular weight excluding hydrogens is 351 g/mol. The molecule has 0 bridgehead atoms. The molecule has 3 rings (SSSR count). The third kappa shape index (κ3) is 4.00. The van der Waals surface area contributed by atoms with Gasteiger partial charge in [0.2, 0.25) is 5.95 Å². The summed E-state index contributed by atoms with van der Waals surface area (Å²) >= 11 is 0. The van der Waals surface area contributed by atoms with E-state index in [9.17, 15) is 9.18 Å². The molecule has 1 amide bonds. The van der Waals surface area contributed by atoms with Gasteiger partial charge in [0.15, 0.2) is 0 Å². The lowest BCUT2D eigenvalue weighted by Crippen LogP contribution is -2.37. The number of aliphatic hydroxyl groups is 1. The zero-order valence-corrected chi connectivity index (χ0v) is 15.5. The van der Waals surface area contributed by atoms with Gasteiger partial charge in [-0.1, -0.05) is 26.0 Å². The Morgan fingerprint density at radius 1 is 1.37 bits per heavy atom. The number of hydrogen-bond acceptors (Lipinski definition) is 6. The first kappa shape index (κ1) is 19.0. The van der Waals surface area contributed by atoms with Crippen molar-refractivity contribution in [3.8, 4) is 0 Å². The number of amides is 1. The Labute approximate surface area is 157 Å². The molecular formula is C19H23FN4O3. The lowest BCUT2D eigenvalue weighted by atomic mass is 10.0. The highest BCUT2D eigenvalue weighted by molar-refractivity contribution is 5.89. The summed E-state index contributed by atoms with van der Waals surface area (Å²) in [6.07, 6.45) is 1.14. The lowest BCUT2D eigenvalue weighted by Gasteiger charge is -2.23. The summed E-state index contributed by atoms with van der Waals surface area (Å²) in [7, 11) is 0. The number of nitrogens with zero attached hydrogens (tertiary/aromatic N) is 3. The Morgan fingerprint density at radius 3 is 2.81 bits per heavy atom. The van der Waals surface area contributed by atoms with Gasteiger partial charge in [0, 0.05) is 11.8 Å². The molecule has 144 valence electrons. The third-order valence-electron chi connectivity index (χ3n) is 4.66. The van der Waals surface area contributed by atoms with Gasteiger partial charge in [-0.15, -0.1) is 0 Å². The van der Waals surface area contributed by atoms with E-state index in [2.05, 4.69) is 15.3 Å². The minimum Gasteiger partial charge on any atom is -0.447 e. The molecule has 8 heteroatoms. The van der Waals surface area contributed by atoms with E-state index in [1.165, 1.54) is 11.0 Å². The zero-order valence-electron chi connectivity index (χ0n) is 15.5. The maximum absolute atomic E-state index is 13.9. The van der Waals surface area contributed by atoms with Crippen LogP contribution in [0.3, 0.4) is 0 Å². The molecule has 2 aromatic rings. The Kier molecular flexibility index (Phi) is 5.55. The number of hydrogen-bond donors (Lipinski definition) is 2. The largest absolute Gasteiger partial charge is 0.447 e. The van der Waals surface area contributed by atoms with E-state index >= 15 is 0 Å². The van der Waals surface area contributed by atoms with Crippen molar-refractivity contribution in [1.82, 2.24) is 9.97 Å². The average Bonchev–Trinajstić information content (AvgIpc) is 3.03. The van der Waals surface area contributed by atoms with E-state index in [4.69, 9.17) is 9.84 Å². The standard InChI is InChI=1S/C19H23FN4O3/c1-11(2)16-10-27-19(26)24(16)17-6-7-21-18(23-17)22-12(3)13-4-5-14(9-25)15(20)8-13/h4-8,11-12,16,25H,9-10H2,1-3H3,(H,21,22,23)/t12-,16+/m0/s1. The van der Waals surface area contributed by atoms with Gasteiger partial charge in [0.1, 0.15) is 18.2 Å². The van der Waals surface area contributed by atoms with Gasteiger partial charge in [-0.25, -0.2) is 14.2 Å². The lowest BCUT2D eigenvalue weighted by molar-refractivity contribution is 0.177. The van der Waals surface area contributed by atoms with Crippen molar-refractivity contribution < 1.29 is 19.0 Å². The maximum Gasteiger partial charge on any atom is 0.415 e. The summed E-state index contributed by atoms with van der Waals surface area (Å²) in [6.45, 7) is 5.88. The summed E-state index contributed by atoms with van der Waals surface area (Å²) in [5.74, 6) is 0.546. The fourth-order valence-corrected chi connectivity index (χ4v) is 2.98. The second-order valence-corrected chi connectivity index (χ2v) is 6.87. The Bertz CT molecular complexity index is 830. The molecule has 1 fully saturated rings. The smallest absolute Gasteiger partial charge is 0.415 e. The van der Waals surface area contributed by atoms with Crippen molar-refractivity contribution in [3.05, 3.63) is 47.4 Å². The molecule has 1 aliphatic heterocycles. The zero-order chi connectivity index (χ0) is 19.6. The first-order valence-corrected chi connectivity index (χ1v) is 8.85. The summed E-state index contributed by atoms with van der Waals surface area (Å²) in [5.41, 5.74) is 0.941. The number of carbonyl (C=O) groups is 1. The van der Waals surface area contributed by atoms with E-state index in [0.717, 1.165) is 0 Å². The second-order valence-electron chi connectivity index (χ2n) is 6.87. The van der Waals surface area contributed by atoms with Gasteiger partial charge in [0.05, 0.1) is 18.7 Å². The highest BCUT2D eigenvalue weighted by Gasteiger charge is 2.37. The van der Waals surface area contributed by atoms with Crippen molar-refractivity contribution in [3.63, 3.8) is 0 Å². The van der Waals surface area contributed by atoms with Crippen LogP contribution in [0.1, 0.15) is 37.9 Å². The number of cyclic esters (lactones) is 1. The molecule has 1 aromatic heterocycles. The molecule has 2 atom stereocenters. The molecule has 1 aliphatic rings. The number of rotatable bonds is 6. The van der Waals surface area contributed by atoms with Gasteiger partial charge < -0.3 is 15.2 Å². The number of halogens is 1. The Hall–Kier alpha value is -2.74.